The van der Waals surface area contributed by atoms with E-state index in [1.807, 2.05) is 13.8 Å². The van der Waals surface area contributed by atoms with Crippen molar-refractivity contribution in [1.29, 1.82) is 0 Å². The Morgan fingerprint density at radius 2 is 1.91 bits per heavy atom. The fourth-order valence-electron chi connectivity index (χ4n) is 0.671. The summed E-state index contributed by atoms with van der Waals surface area (Å²) in [5.74, 6) is 0.620. The zero-order valence-electron chi connectivity index (χ0n) is 6.70. The number of nitrogens with two attached hydrogens (primary N) is 1. The first-order valence-corrected chi connectivity index (χ1v) is 3.52. The summed E-state index contributed by atoms with van der Waals surface area (Å²) in [6.07, 6.45) is 3.16. The van der Waals surface area contributed by atoms with E-state index in [0.717, 1.165) is 0 Å². The van der Waals surface area contributed by atoms with Crippen molar-refractivity contribution in [3.63, 3.8) is 0 Å². The summed E-state index contributed by atoms with van der Waals surface area (Å²) in [7, 11) is 0. The summed E-state index contributed by atoms with van der Waals surface area (Å²) < 4.78 is 0. The second-order valence-corrected chi connectivity index (χ2v) is 2.64. The summed E-state index contributed by atoms with van der Waals surface area (Å²) in [4.78, 5) is 7.94. The average molecular weight is 152 g/mol. The minimum Gasteiger partial charge on any atom is -0.396 e. The zero-order chi connectivity index (χ0) is 8.27. The van der Waals surface area contributed by atoms with Gasteiger partial charge < -0.3 is 11.1 Å². The van der Waals surface area contributed by atoms with Crippen LogP contribution >= 0.6 is 0 Å². The number of aromatic nitrogens is 2. The van der Waals surface area contributed by atoms with Crippen LogP contribution in [-0.4, -0.2) is 16.0 Å². The molecule has 0 aliphatic carbocycles. The van der Waals surface area contributed by atoms with Gasteiger partial charge in [0.2, 0.25) is 5.95 Å². The van der Waals surface area contributed by atoms with Gasteiger partial charge in [-0.15, -0.1) is 0 Å². The van der Waals surface area contributed by atoms with Crippen molar-refractivity contribution < 1.29 is 0 Å². The Morgan fingerprint density at radius 1 is 1.36 bits per heavy atom. The highest BCUT2D eigenvalue weighted by molar-refractivity contribution is 5.36. The zero-order valence-corrected chi connectivity index (χ0v) is 6.70. The molecule has 0 unspecified atom stereocenters. The Morgan fingerprint density at radius 3 is 2.36 bits per heavy atom. The number of nitrogens with zero attached hydrogens (tertiary/aromatic N) is 2. The summed E-state index contributed by atoms with van der Waals surface area (Å²) in [6, 6.07) is 0.346. The first kappa shape index (κ1) is 7.78. The fraction of sp³-hybridized carbons (Fsp3) is 0.429. The van der Waals surface area contributed by atoms with Gasteiger partial charge in [0.15, 0.2) is 0 Å². The second-order valence-electron chi connectivity index (χ2n) is 2.64. The van der Waals surface area contributed by atoms with E-state index >= 15 is 0 Å². The fourth-order valence-corrected chi connectivity index (χ4v) is 0.671. The van der Waals surface area contributed by atoms with Crippen molar-refractivity contribution in [3.05, 3.63) is 12.4 Å². The van der Waals surface area contributed by atoms with Crippen molar-refractivity contribution in [2.45, 2.75) is 19.9 Å². The SMILES string of the molecule is CC(C)Nc1ncc(N)cn1. The molecule has 0 fully saturated rings. The molecule has 3 N–H and O–H groups in total. The third-order valence-electron chi connectivity index (χ3n) is 1.09. The smallest absolute Gasteiger partial charge is 0.222 e. The molecule has 0 aliphatic rings. The lowest BCUT2D eigenvalue weighted by Gasteiger charge is -2.06. The van der Waals surface area contributed by atoms with Crippen molar-refractivity contribution in [1.82, 2.24) is 9.97 Å². The molecule has 1 aromatic rings. The highest BCUT2D eigenvalue weighted by Gasteiger charge is 1.95. The molecule has 60 valence electrons. The molecule has 0 saturated heterocycles. The topological polar surface area (TPSA) is 63.8 Å². The molecular weight excluding hydrogens is 140 g/mol. The van der Waals surface area contributed by atoms with Gasteiger partial charge in [0.1, 0.15) is 0 Å². The lowest BCUT2D eigenvalue weighted by atomic mass is 10.4. The van der Waals surface area contributed by atoms with Crippen LogP contribution in [0.25, 0.3) is 0 Å². The maximum atomic E-state index is 5.40. The lowest BCUT2D eigenvalue weighted by molar-refractivity contribution is 0.875. The quantitative estimate of drug-likeness (QED) is 0.660. The van der Waals surface area contributed by atoms with Gasteiger partial charge in [-0.25, -0.2) is 9.97 Å². The van der Waals surface area contributed by atoms with Crippen LogP contribution in [0, 0.1) is 0 Å². The molecule has 0 aromatic carbocycles. The van der Waals surface area contributed by atoms with Crippen LogP contribution in [0.15, 0.2) is 12.4 Å². The Kier molecular flexibility index (Phi) is 2.25. The first-order chi connectivity index (χ1) is 5.18. The summed E-state index contributed by atoms with van der Waals surface area (Å²) >= 11 is 0. The van der Waals surface area contributed by atoms with E-state index in [1.165, 1.54) is 0 Å². The molecule has 1 heterocycles. The Bertz CT molecular complexity index is 216. The molecule has 0 radical (unpaired) electrons. The van der Waals surface area contributed by atoms with Crippen LogP contribution in [0.5, 0.6) is 0 Å². The second kappa shape index (κ2) is 3.18. The monoisotopic (exact) mass is 152 g/mol. The molecule has 4 heteroatoms. The van der Waals surface area contributed by atoms with Crippen LogP contribution in [0.4, 0.5) is 11.6 Å². The predicted molar refractivity (Wildman–Crippen MR) is 45.2 cm³/mol. The van der Waals surface area contributed by atoms with E-state index in [0.29, 0.717) is 17.7 Å². The highest BCUT2D eigenvalue weighted by atomic mass is 15.1. The number of nitrogen functional groups attached to an aromatic ring is 1. The standard InChI is InChI=1S/C7H12N4/c1-5(2)11-7-9-3-6(8)4-10-7/h3-5H,8H2,1-2H3,(H,9,10,11). The summed E-state index contributed by atoms with van der Waals surface area (Å²) in [6.45, 7) is 4.05. The molecule has 0 saturated carbocycles. The van der Waals surface area contributed by atoms with Crippen LogP contribution in [0.2, 0.25) is 0 Å². The van der Waals surface area contributed by atoms with E-state index in [-0.39, 0.29) is 0 Å². The number of hydrogen-bond donors (Lipinski definition) is 2. The Hall–Kier alpha value is -1.32. The maximum Gasteiger partial charge on any atom is 0.222 e. The number of hydrogen-bond acceptors (Lipinski definition) is 4. The van der Waals surface area contributed by atoms with Crippen molar-refractivity contribution in [2.75, 3.05) is 11.1 Å². The molecule has 4 nitrogen and oxygen atoms in total. The van der Waals surface area contributed by atoms with Crippen molar-refractivity contribution in [3.8, 4) is 0 Å². The minimum atomic E-state index is 0.346. The largest absolute Gasteiger partial charge is 0.396 e. The number of rotatable bonds is 2. The van der Waals surface area contributed by atoms with Crippen LogP contribution in [0.3, 0.4) is 0 Å². The summed E-state index contributed by atoms with van der Waals surface area (Å²) in [5, 5.41) is 3.05. The van der Waals surface area contributed by atoms with Gasteiger partial charge in [0.05, 0.1) is 18.1 Å². The molecule has 0 bridgehead atoms. The average Bonchev–Trinajstić information content (AvgIpc) is 1.93. The lowest BCUT2D eigenvalue weighted by Crippen LogP contribution is -2.12. The van der Waals surface area contributed by atoms with Gasteiger partial charge in [0, 0.05) is 6.04 Å². The molecule has 0 spiro atoms. The highest BCUT2D eigenvalue weighted by Crippen LogP contribution is 2.01. The van der Waals surface area contributed by atoms with Crippen molar-refractivity contribution >= 4 is 11.6 Å². The van der Waals surface area contributed by atoms with Gasteiger partial charge in [0.25, 0.3) is 0 Å². The first-order valence-electron chi connectivity index (χ1n) is 3.52. The number of anilines is 2. The molecule has 1 rings (SSSR count). The Balaban J connectivity index is 2.66. The van der Waals surface area contributed by atoms with Crippen LogP contribution in [0.1, 0.15) is 13.8 Å². The molecular formula is C7H12N4. The molecule has 11 heavy (non-hydrogen) atoms. The van der Waals surface area contributed by atoms with Crippen LogP contribution < -0.4 is 11.1 Å². The van der Waals surface area contributed by atoms with Crippen molar-refractivity contribution in [2.24, 2.45) is 0 Å². The van der Waals surface area contributed by atoms with E-state index in [9.17, 15) is 0 Å². The molecule has 0 amide bonds. The summed E-state index contributed by atoms with van der Waals surface area (Å²) in [5.41, 5.74) is 5.99. The van der Waals surface area contributed by atoms with Crippen LogP contribution in [-0.2, 0) is 0 Å². The van der Waals surface area contributed by atoms with Gasteiger partial charge in [-0.3, -0.25) is 0 Å². The van der Waals surface area contributed by atoms with Gasteiger partial charge in [-0.2, -0.15) is 0 Å². The molecule has 1 aromatic heterocycles. The van der Waals surface area contributed by atoms with E-state index in [2.05, 4.69) is 15.3 Å². The third kappa shape index (κ3) is 2.41. The van der Waals surface area contributed by atoms with E-state index in [1.54, 1.807) is 12.4 Å². The van der Waals surface area contributed by atoms with Gasteiger partial charge in [-0.1, -0.05) is 0 Å². The predicted octanol–water partition coefficient (Wildman–Crippen LogP) is 0.879. The van der Waals surface area contributed by atoms with E-state index < -0.39 is 0 Å². The van der Waals surface area contributed by atoms with E-state index in [4.69, 9.17) is 5.73 Å². The molecule has 0 aliphatic heterocycles. The maximum absolute atomic E-state index is 5.40. The third-order valence-corrected chi connectivity index (χ3v) is 1.09. The van der Waals surface area contributed by atoms with Gasteiger partial charge in [-0.05, 0) is 13.8 Å². The normalized spacial score (nSPS) is 10.1. The van der Waals surface area contributed by atoms with Gasteiger partial charge >= 0.3 is 0 Å². The Labute approximate surface area is 65.9 Å². The number of nitrogens with one attached hydrogen (secondary N) is 1. The molecule has 0 atom stereocenters. The minimum absolute atomic E-state index is 0.346.